The molecule has 104 valence electrons. The Morgan fingerprint density at radius 3 is 2.79 bits per heavy atom. The summed E-state index contributed by atoms with van der Waals surface area (Å²) in [4.78, 5) is 14.4. The Morgan fingerprint density at radius 1 is 1.47 bits per heavy atom. The Hall–Kier alpha value is -0.330. The minimum atomic E-state index is 0.0712. The summed E-state index contributed by atoms with van der Waals surface area (Å²) < 4.78 is 6.54. The van der Waals surface area contributed by atoms with E-state index in [0.717, 1.165) is 36.1 Å². The molecular formula is C14H17ClINO2. The fourth-order valence-electron chi connectivity index (χ4n) is 2.29. The lowest BCUT2D eigenvalue weighted by Gasteiger charge is -2.32. The predicted molar refractivity (Wildman–Crippen MR) is 84.7 cm³/mol. The van der Waals surface area contributed by atoms with Crippen LogP contribution in [0.1, 0.15) is 30.1 Å². The molecule has 0 unspecified atom stereocenters. The van der Waals surface area contributed by atoms with Gasteiger partial charge in [0.05, 0.1) is 11.7 Å². The minimum absolute atomic E-state index is 0.0712. The smallest absolute Gasteiger partial charge is 0.254 e. The van der Waals surface area contributed by atoms with E-state index in [9.17, 15) is 4.79 Å². The average molecular weight is 394 g/mol. The standard InChI is InChI=1S/C14H17ClINO2/c1-2-19-11-5-7-17(8-6-11)14(18)12-9-10(15)3-4-13(12)16/h3-4,9,11H,2,5-8H2,1H3. The molecule has 1 fully saturated rings. The van der Waals surface area contributed by atoms with Gasteiger partial charge < -0.3 is 9.64 Å². The number of carbonyl (C=O) groups excluding carboxylic acids is 1. The number of likely N-dealkylation sites (tertiary alicyclic amines) is 1. The molecule has 0 aliphatic carbocycles. The van der Waals surface area contributed by atoms with Crippen molar-refractivity contribution in [2.45, 2.75) is 25.9 Å². The van der Waals surface area contributed by atoms with Crippen molar-refractivity contribution in [3.63, 3.8) is 0 Å². The van der Waals surface area contributed by atoms with Gasteiger partial charge in [-0.2, -0.15) is 0 Å². The molecule has 5 heteroatoms. The van der Waals surface area contributed by atoms with Crippen LogP contribution in [-0.4, -0.2) is 36.6 Å². The first-order chi connectivity index (χ1) is 9.11. The molecule has 2 rings (SSSR count). The highest BCUT2D eigenvalue weighted by molar-refractivity contribution is 14.1. The fourth-order valence-corrected chi connectivity index (χ4v) is 3.03. The van der Waals surface area contributed by atoms with E-state index in [1.54, 1.807) is 12.1 Å². The normalized spacial score (nSPS) is 16.7. The zero-order valence-corrected chi connectivity index (χ0v) is 13.8. The van der Waals surface area contributed by atoms with Crippen molar-refractivity contribution in [1.29, 1.82) is 0 Å². The van der Waals surface area contributed by atoms with Crippen molar-refractivity contribution in [1.82, 2.24) is 4.90 Å². The summed E-state index contributed by atoms with van der Waals surface area (Å²) in [5.41, 5.74) is 0.697. The number of amides is 1. The van der Waals surface area contributed by atoms with Crippen LogP contribution in [0.2, 0.25) is 5.02 Å². The van der Waals surface area contributed by atoms with Crippen LogP contribution in [0.3, 0.4) is 0 Å². The molecule has 0 radical (unpaired) electrons. The summed E-state index contributed by atoms with van der Waals surface area (Å²) in [6.07, 6.45) is 2.13. The van der Waals surface area contributed by atoms with Gasteiger partial charge >= 0.3 is 0 Å². The first-order valence-corrected chi connectivity index (χ1v) is 7.93. The monoisotopic (exact) mass is 393 g/mol. The molecule has 0 aromatic heterocycles. The summed E-state index contributed by atoms with van der Waals surface area (Å²) in [5, 5.41) is 0.605. The Balaban J connectivity index is 2.03. The van der Waals surface area contributed by atoms with Gasteiger partial charge in [-0.05, 0) is 60.6 Å². The first-order valence-electron chi connectivity index (χ1n) is 6.47. The molecule has 0 atom stereocenters. The van der Waals surface area contributed by atoms with Gasteiger partial charge in [0.25, 0.3) is 5.91 Å². The number of carbonyl (C=O) groups is 1. The lowest BCUT2D eigenvalue weighted by molar-refractivity contribution is 0.0145. The number of piperidine rings is 1. The maximum Gasteiger partial charge on any atom is 0.254 e. The molecule has 19 heavy (non-hydrogen) atoms. The van der Waals surface area contributed by atoms with Crippen LogP contribution in [-0.2, 0) is 4.74 Å². The zero-order chi connectivity index (χ0) is 13.8. The third kappa shape index (κ3) is 3.83. The van der Waals surface area contributed by atoms with Gasteiger partial charge in [-0.15, -0.1) is 0 Å². The zero-order valence-electron chi connectivity index (χ0n) is 10.9. The highest BCUT2D eigenvalue weighted by Crippen LogP contribution is 2.22. The Kier molecular flexibility index (Phi) is 5.47. The number of nitrogens with zero attached hydrogens (tertiary/aromatic N) is 1. The van der Waals surface area contributed by atoms with Crippen LogP contribution in [0.5, 0.6) is 0 Å². The van der Waals surface area contributed by atoms with Gasteiger partial charge in [-0.1, -0.05) is 11.6 Å². The first kappa shape index (κ1) is 15.1. The second-order valence-electron chi connectivity index (χ2n) is 4.57. The van der Waals surface area contributed by atoms with E-state index >= 15 is 0 Å². The largest absolute Gasteiger partial charge is 0.378 e. The van der Waals surface area contributed by atoms with Crippen LogP contribution >= 0.6 is 34.2 Å². The lowest BCUT2D eigenvalue weighted by atomic mass is 10.1. The van der Waals surface area contributed by atoms with Crippen LogP contribution in [0, 0.1) is 3.57 Å². The van der Waals surface area contributed by atoms with Gasteiger partial charge in [0, 0.05) is 28.3 Å². The second-order valence-corrected chi connectivity index (χ2v) is 6.17. The molecule has 0 N–H and O–H groups in total. The lowest BCUT2D eigenvalue weighted by Crippen LogP contribution is -2.41. The third-order valence-corrected chi connectivity index (χ3v) is 4.47. The molecule has 1 aliphatic heterocycles. The van der Waals surface area contributed by atoms with Crippen molar-refractivity contribution < 1.29 is 9.53 Å². The van der Waals surface area contributed by atoms with E-state index in [-0.39, 0.29) is 5.91 Å². The maximum atomic E-state index is 12.5. The average Bonchev–Trinajstić information content (AvgIpc) is 2.42. The predicted octanol–water partition coefficient (Wildman–Crippen LogP) is 3.59. The summed E-state index contributed by atoms with van der Waals surface area (Å²) >= 11 is 8.15. The molecule has 1 aliphatic rings. The number of rotatable bonds is 3. The molecule has 1 aromatic rings. The van der Waals surface area contributed by atoms with Crippen LogP contribution in [0.15, 0.2) is 18.2 Å². The summed E-state index contributed by atoms with van der Waals surface area (Å²) in [5.74, 6) is 0.0712. The molecule has 1 saturated heterocycles. The van der Waals surface area contributed by atoms with Gasteiger partial charge in [0.15, 0.2) is 0 Å². The maximum absolute atomic E-state index is 12.5. The molecule has 0 saturated carbocycles. The van der Waals surface area contributed by atoms with Crippen molar-refractivity contribution in [2.75, 3.05) is 19.7 Å². The van der Waals surface area contributed by atoms with E-state index in [1.807, 2.05) is 17.9 Å². The molecular weight excluding hydrogens is 377 g/mol. The van der Waals surface area contributed by atoms with Crippen LogP contribution in [0.4, 0.5) is 0 Å². The Bertz CT molecular complexity index is 459. The fraction of sp³-hybridized carbons (Fsp3) is 0.500. The molecule has 1 aromatic carbocycles. The number of benzene rings is 1. The van der Waals surface area contributed by atoms with E-state index < -0.39 is 0 Å². The van der Waals surface area contributed by atoms with E-state index in [0.29, 0.717) is 16.7 Å². The second kappa shape index (κ2) is 6.90. The van der Waals surface area contributed by atoms with Crippen LogP contribution in [0.25, 0.3) is 0 Å². The highest BCUT2D eigenvalue weighted by Gasteiger charge is 2.24. The van der Waals surface area contributed by atoms with Gasteiger partial charge in [0.1, 0.15) is 0 Å². The number of ether oxygens (including phenoxy) is 1. The SMILES string of the molecule is CCOC1CCN(C(=O)c2cc(Cl)ccc2I)CC1. The number of hydrogen-bond donors (Lipinski definition) is 0. The minimum Gasteiger partial charge on any atom is -0.378 e. The van der Waals surface area contributed by atoms with Crippen molar-refractivity contribution in [3.05, 3.63) is 32.4 Å². The Morgan fingerprint density at radius 2 is 2.16 bits per heavy atom. The van der Waals surface area contributed by atoms with E-state index in [2.05, 4.69) is 22.6 Å². The molecule has 0 spiro atoms. The highest BCUT2D eigenvalue weighted by atomic mass is 127. The third-order valence-electron chi connectivity index (χ3n) is 3.29. The van der Waals surface area contributed by atoms with Gasteiger partial charge in [0.2, 0.25) is 0 Å². The topological polar surface area (TPSA) is 29.5 Å². The summed E-state index contributed by atoms with van der Waals surface area (Å²) in [6, 6.07) is 5.44. The van der Waals surface area contributed by atoms with E-state index in [4.69, 9.17) is 16.3 Å². The summed E-state index contributed by atoms with van der Waals surface area (Å²) in [7, 11) is 0. The van der Waals surface area contributed by atoms with Gasteiger partial charge in [-0.3, -0.25) is 4.79 Å². The molecule has 1 amide bonds. The molecule has 1 heterocycles. The van der Waals surface area contributed by atoms with Crippen LogP contribution < -0.4 is 0 Å². The van der Waals surface area contributed by atoms with E-state index in [1.165, 1.54) is 0 Å². The number of hydrogen-bond acceptors (Lipinski definition) is 2. The molecule has 0 bridgehead atoms. The summed E-state index contributed by atoms with van der Waals surface area (Å²) in [6.45, 7) is 4.26. The van der Waals surface area contributed by atoms with Crippen molar-refractivity contribution in [2.24, 2.45) is 0 Å². The Labute approximate surface area is 132 Å². The molecule has 3 nitrogen and oxygen atoms in total. The van der Waals surface area contributed by atoms with Crippen molar-refractivity contribution in [3.8, 4) is 0 Å². The van der Waals surface area contributed by atoms with Gasteiger partial charge in [-0.25, -0.2) is 0 Å². The number of halogens is 2. The quantitative estimate of drug-likeness (QED) is 0.735. The van der Waals surface area contributed by atoms with Crippen molar-refractivity contribution >= 4 is 40.1 Å².